The third-order valence-electron chi connectivity index (χ3n) is 2.62. The van der Waals surface area contributed by atoms with E-state index in [0.29, 0.717) is 13.2 Å². The highest BCUT2D eigenvalue weighted by atomic mass is 32.1. The lowest BCUT2D eigenvalue weighted by Crippen LogP contribution is -2.27. The summed E-state index contributed by atoms with van der Waals surface area (Å²) in [7, 11) is 1.93. The standard InChI is InChI=1S/C11H14N2O3S/c1-3-13-10(14)8(16-11(13)17)4-5-9-12(2)6-7-15-9/h4-5H,3,6-7H2,1-2H3/b8-4-,9-5+. The number of carbonyl (C=O) groups excluding carboxylic acids is 1. The SMILES string of the molecule is CCN1C(=O)/C(=C/C=C2/OCCN2C)OC1=S. The van der Waals surface area contributed by atoms with Crippen LogP contribution in [0.25, 0.3) is 0 Å². The largest absolute Gasteiger partial charge is 0.477 e. The Kier molecular flexibility index (Phi) is 3.33. The Morgan fingerprint density at radius 3 is 2.76 bits per heavy atom. The Labute approximate surface area is 105 Å². The van der Waals surface area contributed by atoms with Crippen molar-refractivity contribution in [1.29, 1.82) is 0 Å². The van der Waals surface area contributed by atoms with Gasteiger partial charge in [-0.15, -0.1) is 0 Å². The lowest BCUT2D eigenvalue weighted by Gasteiger charge is -2.07. The number of hydrogen-bond acceptors (Lipinski definition) is 5. The van der Waals surface area contributed by atoms with E-state index in [9.17, 15) is 4.79 Å². The summed E-state index contributed by atoms with van der Waals surface area (Å²) >= 11 is 4.95. The van der Waals surface area contributed by atoms with Crippen molar-refractivity contribution in [2.75, 3.05) is 26.7 Å². The van der Waals surface area contributed by atoms with E-state index in [1.54, 1.807) is 12.2 Å². The molecule has 0 aromatic heterocycles. The van der Waals surface area contributed by atoms with Crippen molar-refractivity contribution in [3.8, 4) is 0 Å². The molecule has 0 atom stereocenters. The van der Waals surface area contributed by atoms with Gasteiger partial charge in [-0.05, 0) is 25.2 Å². The number of allylic oxidation sites excluding steroid dienone is 2. The number of nitrogens with zero attached hydrogens (tertiary/aromatic N) is 2. The van der Waals surface area contributed by atoms with Crippen LogP contribution < -0.4 is 0 Å². The molecule has 2 aliphatic heterocycles. The average Bonchev–Trinajstić information content (AvgIpc) is 2.81. The van der Waals surface area contributed by atoms with Crippen LogP contribution in [0.1, 0.15) is 6.92 Å². The van der Waals surface area contributed by atoms with Gasteiger partial charge in [-0.1, -0.05) is 0 Å². The predicted octanol–water partition coefficient (Wildman–Crippen LogP) is 0.837. The summed E-state index contributed by atoms with van der Waals surface area (Å²) in [4.78, 5) is 15.2. The highest BCUT2D eigenvalue weighted by Crippen LogP contribution is 2.18. The molecule has 17 heavy (non-hydrogen) atoms. The molecule has 0 N–H and O–H groups in total. The Bertz CT molecular complexity index is 417. The summed E-state index contributed by atoms with van der Waals surface area (Å²) in [6, 6.07) is 0. The molecule has 2 aliphatic rings. The third-order valence-corrected chi connectivity index (χ3v) is 2.92. The minimum absolute atomic E-state index is 0.199. The fraction of sp³-hybridized carbons (Fsp3) is 0.455. The second-order valence-corrected chi connectivity index (χ2v) is 4.07. The van der Waals surface area contributed by atoms with Gasteiger partial charge in [0.15, 0.2) is 11.6 Å². The molecule has 0 spiro atoms. The number of rotatable bonds is 2. The van der Waals surface area contributed by atoms with Gasteiger partial charge >= 0.3 is 0 Å². The van der Waals surface area contributed by atoms with E-state index in [1.807, 2.05) is 18.9 Å². The number of likely N-dealkylation sites (N-methyl/N-ethyl adjacent to an activating group) is 2. The molecule has 2 rings (SSSR count). The van der Waals surface area contributed by atoms with Crippen LogP contribution in [0.3, 0.4) is 0 Å². The van der Waals surface area contributed by atoms with Gasteiger partial charge in [0.1, 0.15) is 6.61 Å². The Hall–Kier alpha value is -1.56. The molecule has 2 heterocycles. The zero-order valence-electron chi connectivity index (χ0n) is 9.80. The topological polar surface area (TPSA) is 42.0 Å². The van der Waals surface area contributed by atoms with Crippen molar-refractivity contribution >= 4 is 23.3 Å². The van der Waals surface area contributed by atoms with Crippen LogP contribution in [0.2, 0.25) is 0 Å². The molecule has 0 unspecified atom stereocenters. The van der Waals surface area contributed by atoms with Crippen LogP contribution in [0.4, 0.5) is 0 Å². The van der Waals surface area contributed by atoms with Gasteiger partial charge in [0.05, 0.1) is 6.54 Å². The van der Waals surface area contributed by atoms with E-state index >= 15 is 0 Å². The van der Waals surface area contributed by atoms with E-state index in [4.69, 9.17) is 21.7 Å². The summed E-state index contributed by atoms with van der Waals surface area (Å²) in [6.07, 6.45) is 3.32. The van der Waals surface area contributed by atoms with Crippen molar-refractivity contribution in [1.82, 2.24) is 9.80 Å². The molecular weight excluding hydrogens is 240 g/mol. The second-order valence-electron chi connectivity index (χ2n) is 3.72. The van der Waals surface area contributed by atoms with Gasteiger partial charge in [0.2, 0.25) is 0 Å². The zero-order valence-corrected chi connectivity index (χ0v) is 10.6. The summed E-state index contributed by atoms with van der Waals surface area (Å²) < 4.78 is 10.6. The fourth-order valence-electron chi connectivity index (χ4n) is 1.62. The van der Waals surface area contributed by atoms with Crippen molar-refractivity contribution in [3.63, 3.8) is 0 Å². The van der Waals surface area contributed by atoms with Crippen molar-refractivity contribution in [2.24, 2.45) is 0 Å². The molecule has 0 saturated carbocycles. The molecule has 0 aromatic rings. The highest BCUT2D eigenvalue weighted by Gasteiger charge is 2.31. The number of ether oxygens (including phenoxy) is 2. The number of hydrogen-bond donors (Lipinski definition) is 0. The van der Waals surface area contributed by atoms with Crippen molar-refractivity contribution < 1.29 is 14.3 Å². The summed E-state index contributed by atoms with van der Waals surface area (Å²) in [5.74, 6) is 0.776. The van der Waals surface area contributed by atoms with Gasteiger partial charge in [-0.25, -0.2) is 0 Å². The number of carbonyl (C=O) groups is 1. The van der Waals surface area contributed by atoms with E-state index in [0.717, 1.165) is 12.4 Å². The first-order chi connectivity index (χ1) is 8.13. The van der Waals surface area contributed by atoms with E-state index < -0.39 is 0 Å². The van der Waals surface area contributed by atoms with Crippen molar-refractivity contribution in [2.45, 2.75) is 6.92 Å². The van der Waals surface area contributed by atoms with E-state index in [1.165, 1.54) is 4.90 Å². The van der Waals surface area contributed by atoms with Gasteiger partial charge in [-0.3, -0.25) is 9.69 Å². The lowest BCUT2D eigenvalue weighted by atomic mass is 10.4. The first kappa shape index (κ1) is 11.9. The molecule has 2 saturated heterocycles. The first-order valence-electron chi connectivity index (χ1n) is 5.43. The van der Waals surface area contributed by atoms with Crippen LogP contribution >= 0.6 is 12.2 Å². The lowest BCUT2D eigenvalue weighted by molar-refractivity contribution is -0.122. The van der Waals surface area contributed by atoms with Gasteiger partial charge < -0.3 is 14.4 Å². The minimum Gasteiger partial charge on any atom is -0.477 e. The third kappa shape index (κ3) is 2.26. The Morgan fingerprint density at radius 1 is 1.47 bits per heavy atom. The molecule has 0 radical (unpaired) electrons. The molecule has 2 fully saturated rings. The molecule has 1 amide bonds. The van der Waals surface area contributed by atoms with E-state index in [2.05, 4.69) is 0 Å². The van der Waals surface area contributed by atoms with Crippen LogP contribution in [0.5, 0.6) is 0 Å². The molecule has 5 nitrogen and oxygen atoms in total. The maximum atomic E-state index is 11.8. The summed E-state index contributed by atoms with van der Waals surface area (Å²) in [5, 5.41) is 0.211. The molecule has 0 aromatic carbocycles. The Morgan fingerprint density at radius 2 is 2.24 bits per heavy atom. The first-order valence-corrected chi connectivity index (χ1v) is 5.84. The number of amides is 1. The monoisotopic (exact) mass is 254 g/mol. The van der Waals surface area contributed by atoms with Crippen LogP contribution in [0, 0.1) is 0 Å². The smallest absolute Gasteiger partial charge is 0.297 e. The summed E-state index contributed by atoms with van der Waals surface area (Å²) in [5.41, 5.74) is 0. The minimum atomic E-state index is -0.199. The molecule has 0 aliphatic carbocycles. The maximum absolute atomic E-state index is 11.8. The molecule has 92 valence electrons. The summed E-state index contributed by atoms with van der Waals surface area (Å²) in [6.45, 7) is 3.88. The van der Waals surface area contributed by atoms with Gasteiger partial charge in [-0.2, -0.15) is 0 Å². The van der Waals surface area contributed by atoms with Crippen LogP contribution in [-0.2, 0) is 14.3 Å². The van der Waals surface area contributed by atoms with Gasteiger partial charge in [0, 0.05) is 19.7 Å². The van der Waals surface area contributed by atoms with Crippen LogP contribution in [-0.4, -0.2) is 47.6 Å². The number of thiocarbonyl (C=S) groups is 1. The molecule has 0 bridgehead atoms. The zero-order chi connectivity index (χ0) is 12.4. The fourth-order valence-corrected chi connectivity index (χ4v) is 1.92. The normalized spacial score (nSPS) is 24.8. The predicted molar refractivity (Wildman–Crippen MR) is 65.8 cm³/mol. The second kappa shape index (κ2) is 4.75. The average molecular weight is 254 g/mol. The van der Waals surface area contributed by atoms with E-state index in [-0.39, 0.29) is 16.8 Å². The highest BCUT2D eigenvalue weighted by molar-refractivity contribution is 7.80. The molecular formula is C11H14N2O3S. The maximum Gasteiger partial charge on any atom is 0.297 e. The van der Waals surface area contributed by atoms with Gasteiger partial charge in [0.25, 0.3) is 11.1 Å². The Balaban J connectivity index is 2.13. The van der Waals surface area contributed by atoms with Crippen LogP contribution in [0.15, 0.2) is 23.8 Å². The quantitative estimate of drug-likeness (QED) is 0.539. The van der Waals surface area contributed by atoms with Crippen molar-refractivity contribution in [3.05, 3.63) is 23.8 Å². The molecule has 6 heteroatoms.